The van der Waals surface area contributed by atoms with Crippen LogP contribution < -0.4 is 10.6 Å². The zero-order chi connectivity index (χ0) is 50.2. The lowest BCUT2D eigenvalue weighted by atomic mass is 9.76. The number of nitrogens with one attached hydrogen (secondary N) is 4. The van der Waals surface area contributed by atoms with Gasteiger partial charge in [0.25, 0.3) is 6.47 Å². The number of nitrogens with zero attached hydrogens (tertiary/aromatic N) is 4. The van der Waals surface area contributed by atoms with Gasteiger partial charge in [0.2, 0.25) is 18.2 Å². The van der Waals surface area contributed by atoms with Gasteiger partial charge in [0.15, 0.2) is 0 Å². The van der Waals surface area contributed by atoms with Crippen molar-refractivity contribution in [2.75, 3.05) is 54.6 Å². The maximum absolute atomic E-state index is 12.9. The van der Waals surface area contributed by atoms with Gasteiger partial charge in [-0.15, -0.1) is 0 Å². The summed E-state index contributed by atoms with van der Waals surface area (Å²) in [6.07, 6.45) is 19.3. The van der Waals surface area contributed by atoms with E-state index in [0.717, 1.165) is 86.3 Å². The smallest absolute Gasteiger partial charge is 0.292 e. The molecule has 5 aliphatic rings. The number of carbonyl (C=O) groups is 4. The third-order valence-electron chi connectivity index (χ3n) is 14.1. The van der Waals surface area contributed by atoms with E-state index in [-0.39, 0.29) is 35.9 Å². The first kappa shape index (κ1) is 53.5. The van der Waals surface area contributed by atoms with Gasteiger partial charge >= 0.3 is 0 Å². The zero-order valence-corrected chi connectivity index (χ0v) is 43.1. The number of aromatic nitrogens is 4. The van der Waals surface area contributed by atoms with Gasteiger partial charge in [0.05, 0.1) is 55.2 Å². The van der Waals surface area contributed by atoms with Gasteiger partial charge in [-0.05, 0) is 140 Å². The first-order valence-corrected chi connectivity index (χ1v) is 25.8. The van der Waals surface area contributed by atoms with Gasteiger partial charge in [-0.3, -0.25) is 19.2 Å². The van der Waals surface area contributed by atoms with Crippen LogP contribution in [0.5, 0.6) is 0 Å². The van der Waals surface area contributed by atoms with E-state index in [9.17, 15) is 14.4 Å². The van der Waals surface area contributed by atoms with Gasteiger partial charge < -0.3 is 39.9 Å². The molecule has 5 aromatic rings. The zero-order valence-electron chi connectivity index (χ0n) is 43.1. The minimum atomic E-state index is -0.108. The van der Waals surface area contributed by atoms with E-state index >= 15 is 0 Å². The number of ether oxygens (including phenoxy) is 2. The molecule has 3 amide bonds. The molecule has 14 nitrogen and oxygen atoms in total. The molecule has 1 spiro atoms. The van der Waals surface area contributed by atoms with Crippen molar-refractivity contribution in [3.63, 3.8) is 0 Å². The summed E-state index contributed by atoms with van der Waals surface area (Å²) in [6, 6.07) is 16.1. The summed E-state index contributed by atoms with van der Waals surface area (Å²) in [4.78, 5) is 66.4. The molecule has 2 aliphatic heterocycles. The Morgan fingerprint density at radius 2 is 1.30 bits per heavy atom. The summed E-state index contributed by atoms with van der Waals surface area (Å²) >= 11 is 0. The van der Waals surface area contributed by atoms with Crippen LogP contribution in [0.2, 0.25) is 0 Å². The van der Waals surface area contributed by atoms with E-state index in [1.165, 1.54) is 96.6 Å². The number of H-pyrrole nitrogens is 2. The number of aromatic amines is 2. The maximum atomic E-state index is 12.9. The highest BCUT2D eigenvalue weighted by atomic mass is 16.5. The first-order valence-electron chi connectivity index (χ1n) is 25.8. The molecule has 378 valence electrons. The highest BCUT2D eigenvalue weighted by Gasteiger charge is 2.44. The molecule has 0 radical (unpaired) electrons. The first-order chi connectivity index (χ1) is 34.1. The van der Waals surface area contributed by atoms with Crippen LogP contribution in [0.15, 0.2) is 48.7 Å². The van der Waals surface area contributed by atoms with Crippen molar-refractivity contribution in [3.8, 4) is 33.5 Å². The van der Waals surface area contributed by atoms with Crippen molar-refractivity contribution in [2.45, 2.75) is 142 Å². The Morgan fingerprint density at radius 1 is 0.729 bits per heavy atom. The van der Waals surface area contributed by atoms with Crippen LogP contribution in [-0.2, 0) is 53.3 Å². The van der Waals surface area contributed by atoms with Crippen molar-refractivity contribution in [1.29, 1.82) is 0 Å². The van der Waals surface area contributed by atoms with Crippen molar-refractivity contribution in [1.82, 2.24) is 40.4 Å². The second-order valence-corrected chi connectivity index (χ2v) is 19.2. The number of amides is 3. The molecule has 3 aromatic carbocycles. The Morgan fingerprint density at radius 3 is 1.91 bits per heavy atom. The quantitative estimate of drug-likeness (QED) is 0.0940. The second-order valence-electron chi connectivity index (χ2n) is 19.2. The summed E-state index contributed by atoms with van der Waals surface area (Å²) in [6.45, 7) is 10.7. The average molecular weight is 959 g/mol. The van der Waals surface area contributed by atoms with Crippen LogP contribution >= 0.6 is 0 Å². The number of hydrogen-bond acceptors (Lipinski definition) is 9. The third-order valence-corrected chi connectivity index (χ3v) is 14.1. The molecular formula is C56H78N8O6. The molecule has 3 fully saturated rings. The largest absolute Gasteiger partial charge is 0.471 e. The van der Waals surface area contributed by atoms with Crippen molar-refractivity contribution in [2.24, 2.45) is 0 Å². The molecule has 14 heteroatoms. The van der Waals surface area contributed by atoms with Crippen LogP contribution in [0.25, 0.3) is 44.5 Å². The maximum Gasteiger partial charge on any atom is 0.292 e. The number of likely N-dealkylation sites (N-methyl/N-ethyl adjacent to an activating group) is 1. The van der Waals surface area contributed by atoms with Crippen LogP contribution in [0, 0.1) is 0 Å². The van der Waals surface area contributed by atoms with E-state index in [0.29, 0.717) is 26.0 Å². The lowest BCUT2D eigenvalue weighted by molar-refractivity contribution is -0.132. The number of rotatable bonds is 11. The summed E-state index contributed by atoms with van der Waals surface area (Å²) in [7, 11) is 6.38. The van der Waals surface area contributed by atoms with Gasteiger partial charge in [-0.1, -0.05) is 83.7 Å². The molecule has 1 saturated carbocycles. The SMILES string of the molecule is CCC.CCC.CNCC(=O)N1CCCC1c1nc2ccc(-c3ccc(-c4ccc(-c5cnc([C@@H]6CCCN6C(=O)CNC=O)[nH]5)c5c4CCC5)c4c3C3(CCCC3)CC4)cc2[nH]1.COC.COC=O. The predicted molar refractivity (Wildman–Crippen MR) is 278 cm³/mol. The number of likely N-dealkylation sites (tertiary alicyclic amines) is 2. The number of benzene rings is 3. The molecule has 2 aromatic heterocycles. The van der Waals surface area contributed by atoms with Crippen molar-refractivity contribution >= 4 is 35.7 Å². The number of hydrogen-bond donors (Lipinski definition) is 4. The molecule has 70 heavy (non-hydrogen) atoms. The fraction of sp³-hybridized carbons (Fsp3) is 0.536. The highest BCUT2D eigenvalue weighted by Crippen LogP contribution is 2.56. The molecule has 3 aliphatic carbocycles. The Labute approximate surface area is 415 Å². The van der Waals surface area contributed by atoms with E-state index in [4.69, 9.17) is 14.8 Å². The normalized spacial score (nSPS) is 18.1. The molecule has 2 atom stereocenters. The summed E-state index contributed by atoms with van der Waals surface area (Å²) in [5.41, 5.74) is 15.8. The van der Waals surface area contributed by atoms with Gasteiger partial charge in [-0.2, -0.15) is 0 Å². The number of fused-ring (bicyclic) bond motifs is 4. The van der Waals surface area contributed by atoms with Crippen molar-refractivity contribution < 1.29 is 28.7 Å². The van der Waals surface area contributed by atoms with E-state index in [2.05, 4.69) is 100 Å². The highest BCUT2D eigenvalue weighted by molar-refractivity contribution is 5.88. The van der Waals surface area contributed by atoms with E-state index < -0.39 is 0 Å². The Bertz CT molecular complexity index is 2520. The van der Waals surface area contributed by atoms with Crippen LogP contribution in [0.3, 0.4) is 0 Å². The second kappa shape index (κ2) is 25.8. The molecular weight excluding hydrogens is 881 g/mol. The summed E-state index contributed by atoms with van der Waals surface area (Å²) in [5.74, 6) is 1.76. The number of imidazole rings is 2. The standard InChI is InChI=1S/C46H52N8O3.2C3H8.C2H4O2.C2H6O/c1-47-25-41(56)54-22-6-10-40(54)45-50-36-16-11-28(23-37(36)51-45)29-12-13-33(35-17-20-46(43(29)35)18-2-3-19-46)32-14-15-34(31-8-4-7-30(31)32)38-24-49-44(52-38)39-9-5-21-53(39)42(57)26-48-27-55;2*1-3-2;1-4-2-3;1-3-2/h11-16,23-24,27,39-40,47H,2-10,17-22,25-26H2,1H3,(H,48,55)(H,49,52)(H,50,51);2*3H2,1-2H3;2H,1H3;1-2H3/t39-,40?;;;;/m0..../s1. The van der Waals surface area contributed by atoms with Crippen LogP contribution in [0.4, 0.5) is 0 Å². The third kappa shape index (κ3) is 11.7. The average Bonchev–Trinajstić information content (AvgIpc) is 4.23. The van der Waals surface area contributed by atoms with E-state index in [1.54, 1.807) is 19.8 Å². The van der Waals surface area contributed by atoms with Crippen LogP contribution in [0.1, 0.15) is 151 Å². The monoisotopic (exact) mass is 959 g/mol. The van der Waals surface area contributed by atoms with Crippen molar-refractivity contribution in [3.05, 3.63) is 82.6 Å². The van der Waals surface area contributed by atoms with Gasteiger partial charge in [0.1, 0.15) is 11.6 Å². The van der Waals surface area contributed by atoms with Gasteiger partial charge in [0, 0.05) is 32.9 Å². The molecule has 10 rings (SSSR count). The molecule has 1 unspecified atom stereocenters. The minimum absolute atomic E-state index is 0.00962. The van der Waals surface area contributed by atoms with E-state index in [1.807, 2.05) is 23.0 Å². The van der Waals surface area contributed by atoms with Gasteiger partial charge in [-0.25, -0.2) is 9.97 Å². The lowest BCUT2D eigenvalue weighted by Gasteiger charge is -2.28. The Balaban J connectivity index is 0.000000558. The minimum Gasteiger partial charge on any atom is -0.471 e. The van der Waals surface area contributed by atoms with Crippen LogP contribution in [-0.4, -0.2) is 109 Å². The molecule has 0 bridgehead atoms. The molecule has 2 saturated heterocycles. The number of methoxy groups -OCH3 is 2. The molecule has 4 heterocycles. The Hall–Kier alpha value is -5.86. The fourth-order valence-corrected chi connectivity index (χ4v) is 11.4. The fourth-order valence-electron chi connectivity index (χ4n) is 11.4. The lowest BCUT2D eigenvalue weighted by Crippen LogP contribution is -2.37. The summed E-state index contributed by atoms with van der Waals surface area (Å²) < 4.78 is 8.11. The molecule has 4 N–H and O–H groups in total. The topological polar surface area (TPSA) is 175 Å². The summed E-state index contributed by atoms with van der Waals surface area (Å²) in [5, 5.41) is 5.54. The Kier molecular flexibility index (Phi) is 19.7. The predicted octanol–water partition coefficient (Wildman–Crippen LogP) is 9.71. The number of carbonyl (C=O) groups excluding carboxylic acids is 4.